The van der Waals surface area contributed by atoms with Crippen molar-refractivity contribution in [3.63, 3.8) is 0 Å². The maximum atomic E-state index is 14.7. The summed E-state index contributed by atoms with van der Waals surface area (Å²) in [6, 6.07) is 21.9. The van der Waals surface area contributed by atoms with Crippen LogP contribution in [0.5, 0.6) is 0 Å². The van der Waals surface area contributed by atoms with Gasteiger partial charge in [0.1, 0.15) is 6.07 Å². The zero-order valence-corrected chi connectivity index (χ0v) is 26.7. The first kappa shape index (κ1) is 31.8. The van der Waals surface area contributed by atoms with Crippen LogP contribution in [0.2, 0.25) is 10.0 Å². The molecule has 0 spiro atoms. The van der Waals surface area contributed by atoms with Gasteiger partial charge in [0.05, 0.1) is 48.0 Å². The van der Waals surface area contributed by atoms with Crippen molar-refractivity contribution in [1.29, 1.82) is 5.26 Å². The van der Waals surface area contributed by atoms with Crippen LogP contribution in [0.1, 0.15) is 61.3 Å². The van der Waals surface area contributed by atoms with E-state index in [1.165, 1.54) is 4.31 Å². The lowest BCUT2D eigenvalue weighted by Gasteiger charge is -2.52. The lowest BCUT2D eigenvalue weighted by molar-refractivity contribution is -0.160. The Bertz CT molecular complexity index is 1720. The standard InChI is InChI=1S/C33H33Cl2N3O5S/c1-33(18-30(39)40)17-27(23-7-5-8-26(35)16-23)31(22-12-14-25(34)15-13-22)38(32(33)41)29(21-10-11-21)20-37(44(2,42)43)28-9-4-3-6-24(28)19-36/h3-9,12-16,21,27,29,31H,10-11,17-18,20H2,1-2H3,(H,39,40)/t27-,29+,31+,33+/m0/s1. The number of anilines is 1. The number of para-hydroxylation sites is 1. The Morgan fingerprint density at radius 2 is 1.75 bits per heavy atom. The van der Waals surface area contributed by atoms with Gasteiger partial charge < -0.3 is 10.0 Å². The third-order valence-corrected chi connectivity index (χ3v) is 10.3. The minimum atomic E-state index is -3.90. The van der Waals surface area contributed by atoms with E-state index in [-0.39, 0.29) is 42.0 Å². The van der Waals surface area contributed by atoms with E-state index >= 15 is 0 Å². The number of benzene rings is 3. The fourth-order valence-corrected chi connectivity index (χ4v) is 7.82. The summed E-state index contributed by atoms with van der Waals surface area (Å²) in [4.78, 5) is 28.6. The molecule has 0 aromatic heterocycles. The lowest BCUT2D eigenvalue weighted by atomic mass is 9.67. The summed E-state index contributed by atoms with van der Waals surface area (Å²) in [5, 5.41) is 20.8. The number of rotatable bonds is 10. The fourth-order valence-electron chi connectivity index (χ4n) is 6.56. The maximum Gasteiger partial charge on any atom is 0.304 e. The quantitative estimate of drug-likeness (QED) is 0.262. The van der Waals surface area contributed by atoms with Gasteiger partial charge in [0.15, 0.2) is 0 Å². The SMILES string of the molecule is C[C@]1(CC(=O)O)C[C@@H](c2cccc(Cl)c2)[C@@H](c2ccc(Cl)cc2)N([C@H](CN(c2ccccc2C#N)S(C)(=O)=O)C2CC2)C1=O. The number of carboxylic acid groups (broad SMARTS) is 1. The molecular formula is C33H33Cl2N3O5S. The Morgan fingerprint density at radius 1 is 1.07 bits per heavy atom. The summed E-state index contributed by atoms with van der Waals surface area (Å²) in [6.07, 6.45) is 2.49. The van der Waals surface area contributed by atoms with Crippen molar-refractivity contribution < 1.29 is 23.1 Å². The molecule has 44 heavy (non-hydrogen) atoms. The van der Waals surface area contributed by atoms with Crippen LogP contribution in [0.4, 0.5) is 5.69 Å². The zero-order valence-electron chi connectivity index (χ0n) is 24.4. The molecule has 5 rings (SSSR count). The van der Waals surface area contributed by atoms with Crippen molar-refractivity contribution in [2.45, 2.75) is 50.6 Å². The smallest absolute Gasteiger partial charge is 0.304 e. The number of carboxylic acids is 1. The van der Waals surface area contributed by atoms with E-state index in [0.717, 1.165) is 30.2 Å². The summed E-state index contributed by atoms with van der Waals surface area (Å²) in [6.45, 7) is 1.58. The van der Waals surface area contributed by atoms with Crippen molar-refractivity contribution in [2.24, 2.45) is 11.3 Å². The first-order chi connectivity index (χ1) is 20.8. The number of piperidine rings is 1. The topological polar surface area (TPSA) is 119 Å². The summed E-state index contributed by atoms with van der Waals surface area (Å²) >= 11 is 12.7. The third-order valence-electron chi connectivity index (χ3n) is 8.70. The molecule has 2 aliphatic rings. The molecule has 8 nitrogen and oxygen atoms in total. The molecule has 1 amide bonds. The van der Waals surface area contributed by atoms with E-state index in [9.17, 15) is 28.4 Å². The van der Waals surface area contributed by atoms with Gasteiger partial charge >= 0.3 is 5.97 Å². The van der Waals surface area contributed by atoms with Crippen LogP contribution >= 0.6 is 23.2 Å². The highest BCUT2D eigenvalue weighted by atomic mass is 35.5. The minimum Gasteiger partial charge on any atom is -0.481 e. The Labute approximate surface area is 267 Å². The Balaban J connectivity index is 1.72. The largest absolute Gasteiger partial charge is 0.481 e. The van der Waals surface area contributed by atoms with Crippen molar-refractivity contribution in [3.05, 3.63) is 99.5 Å². The second-order valence-corrected chi connectivity index (χ2v) is 14.8. The molecule has 1 saturated carbocycles. The average Bonchev–Trinajstić information content (AvgIpc) is 3.80. The average molecular weight is 655 g/mol. The number of nitriles is 1. The van der Waals surface area contributed by atoms with Gasteiger partial charge in [-0.1, -0.05) is 66.5 Å². The lowest BCUT2D eigenvalue weighted by Crippen LogP contribution is -2.59. The Hall–Kier alpha value is -3.58. The van der Waals surface area contributed by atoms with Crippen molar-refractivity contribution in [3.8, 4) is 6.07 Å². The Morgan fingerprint density at radius 3 is 2.34 bits per heavy atom. The predicted molar refractivity (Wildman–Crippen MR) is 170 cm³/mol. The second kappa shape index (κ2) is 12.4. The monoisotopic (exact) mass is 653 g/mol. The number of halogens is 2. The van der Waals surface area contributed by atoms with Gasteiger partial charge in [-0.05, 0) is 72.7 Å². The zero-order chi connectivity index (χ0) is 31.8. The molecule has 1 aliphatic carbocycles. The van der Waals surface area contributed by atoms with Crippen molar-refractivity contribution >= 4 is 50.8 Å². The molecule has 1 aliphatic heterocycles. The number of nitrogens with zero attached hydrogens (tertiary/aromatic N) is 3. The van der Waals surface area contributed by atoms with Gasteiger partial charge in [-0.2, -0.15) is 5.26 Å². The summed E-state index contributed by atoms with van der Waals surface area (Å²) in [5.74, 6) is -1.84. The molecule has 0 radical (unpaired) electrons. The molecule has 0 bridgehead atoms. The first-order valence-corrected chi connectivity index (χ1v) is 16.9. The highest BCUT2D eigenvalue weighted by Gasteiger charge is 2.55. The van der Waals surface area contributed by atoms with Crippen LogP contribution < -0.4 is 4.31 Å². The van der Waals surface area contributed by atoms with Gasteiger partial charge in [-0.15, -0.1) is 0 Å². The van der Waals surface area contributed by atoms with Crippen LogP contribution in [0.3, 0.4) is 0 Å². The number of sulfonamides is 1. The minimum absolute atomic E-state index is 0.0283. The summed E-state index contributed by atoms with van der Waals surface area (Å²) in [7, 11) is -3.90. The molecule has 2 fully saturated rings. The summed E-state index contributed by atoms with van der Waals surface area (Å²) in [5.41, 5.74) is 0.777. The highest BCUT2D eigenvalue weighted by Crippen LogP contribution is 2.54. The number of aliphatic carboxylic acids is 1. The van der Waals surface area contributed by atoms with Gasteiger partial charge in [0.2, 0.25) is 15.9 Å². The number of carbonyl (C=O) groups excluding carboxylic acids is 1. The molecule has 11 heteroatoms. The first-order valence-electron chi connectivity index (χ1n) is 14.3. The number of likely N-dealkylation sites (tertiary alicyclic amines) is 1. The molecule has 3 aromatic rings. The normalized spacial score (nSPS) is 22.7. The molecule has 4 atom stereocenters. The third kappa shape index (κ3) is 6.58. The van der Waals surface area contributed by atoms with Gasteiger partial charge in [-0.3, -0.25) is 13.9 Å². The van der Waals surface area contributed by atoms with Gasteiger partial charge in [0, 0.05) is 16.0 Å². The molecule has 1 heterocycles. The van der Waals surface area contributed by atoms with E-state index in [2.05, 4.69) is 6.07 Å². The van der Waals surface area contributed by atoms with E-state index in [1.54, 1.807) is 54.3 Å². The predicted octanol–water partition coefficient (Wildman–Crippen LogP) is 6.65. The van der Waals surface area contributed by atoms with Crippen LogP contribution in [0.15, 0.2) is 72.8 Å². The Kier molecular flexibility index (Phi) is 8.99. The number of hydrogen-bond acceptors (Lipinski definition) is 5. The van der Waals surface area contributed by atoms with Crippen LogP contribution in [0.25, 0.3) is 0 Å². The van der Waals surface area contributed by atoms with Gasteiger partial charge in [0.25, 0.3) is 0 Å². The van der Waals surface area contributed by atoms with Crippen LogP contribution in [-0.2, 0) is 19.6 Å². The summed E-state index contributed by atoms with van der Waals surface area (Å²) < 4.78 is 27.9. The second-order valence-electron chi connectivity index (χ2n) is 12.0. The van der Waals surface area contributed by atoms with Gasteiger partial charge in [-0.25, -0.2) is 8.42 Å². The molecule has 1 N–H and O–H groups in total. The molecule has 0 unspecified atom stereocenters. The number of amides is 1. The van der Waals surface area contributed by atoms with Crippen molar-refractivity contribution in [2.75, 3.05) is 17.1 Å². The number of carbonyl (C=O) groups is 2. The molecule has 1 saturated heterocycles. The van der Waals surface area contributed by atoms with Crippen LogP contribution in [-0.4, -0.2) is 49.1 Å². The van der Waals surface area contributed by atoms with E-state index in [0.29, 0.717) is 10.0 Å². The highest BCUT2D eigenvalue weighted by molar-refractivity contribution is 7.92. The van der Waals surface area contributed by atoms with E-state index in [4.69, 9.17) is 23.2 Å². The van der Waals surface area contributed by atoms with E-state index < -0.39 is 39.9 Å². The number of hydrogen-bond donors (Lipinski definition) is 1. The fraction of sp³-hybridized carbons (Fsp3) is 0.364. The van der Waals surface area contributed by atoms with Crippen molar-refractivity contribution in [1.82, 2.24) is 4.90 Å². The van der Waals surface area contributed by atoms with E-state index in [1.807, 2.05) is 30.3 Å². The molecule has 230 valence electrons. The van der Waals surface area contributed by atoms with Crippen LogP contribution in [0, 0.1) is 22.7 Å². The molecule has 3 aromatic carbocycles. The molecular weight excluding hydrogens is 621 g/mol. The maximum absolute atomic E-state index is 14.7.